The first-order valence-electron chi connectivity index (χ1n) is 10.3. The van der Waals surface area contributed by atoms with Gasteiger partial charge in [0.25, 0.3) is 5.91 Å². The molecule has 1 amide bonds. The van der Waals surface area contributed by atoms with Crippen LogP contribution in [0.15, 0.2) is 54.9 Å². The van der Waals surface area contributed by atoms with E-state index in [0.717, 1.165) is 17.9 Å². The van der Waals surface area contributed by atoms with E-state index in [4.69, 9.17) is 9.47 Å². The van der Waals surface area contributed by atoms with Crippen LogP contribution in [-0.2, 0) is 16.6 Å². The molecule has 1 saturated carbocycles. The van der Waals surface area contributed by atoms with Crippen molar-refractivity contribution in [1.82, 2.24) is 14.7 Å². The third kappa shape index (κ3) is 6.48. The molecule has 1 aliphatic carbocycles. The molecule has 1 heterocycles. The van der Waals surface area contributed by atoms with Crippen LogP contribution in [-0.4, -0.2) is 37.2 Å². The van der Waals surface area contributed by atoms with Gasteiger partial charge in [-0.05, 0) is 43.0 Å². The molecular formula is C23H22FN3O5S. The summed E-state index contributed by atoms with van der Waals surface area (Å²) in [5, 5.41) is 0. The maximum absolute atomic E-state index is 14.4. The molecule has 1 fully saturated rings. The fourth-order valence-electron chi connectivity index (χ4n) is 3.00. The normalized spacial score (nSPS) is 13.4. The summed E-state index contributed by atoms with van der Waals surface area (Å²) in [6, 6.07) is 12.6. The van der Waals surface area contributed by atoms with Gasteiger partial charge in [-0.25, -0.2) is 27.5 Å². The molecule has 1 N–H and O–H groups in total. The third-order valence-corrected chi connectivity index (χ3v) is 5.48. The summed E-state index contributed by atoms with van der Waals surface area (Å²) in [4.78, 5) is 20.3. The quantitative estimate of drug-likeness (QED) is 0.510. The first-order valence-corrected chi connectivity index (χ1v) is 12.1. The highest BCUT2D eigenvalue weighted by Crippen LogP contribution is 2.30. The van der Waals surface area contributed by atoms with Crippen LogP contribution in [0, 0.1) is 11.7 Å². The fraction of sp³-hybridized carbons (Fsp3) is 0.261. The first kappa shape index (κ1) is 22.7. The Morgan fingerprint density at radius 2 is 1.94 bits per heavy atom. The molecule has 0 radical (unpaired) electrons. The van der Waals surface area contributed by atoms with Crippen molar-refractivity contribution in [1.29, 1.82) is 0 Å². The number of nitrogens with one attached hydrogen (secondary N) is 1. The Bertz CT molecular complexity index is 1280. The molecule has 3 aromatic rings. The molecule has 33 heavy (non-hydrogen) atoms. The van der Waals surface area contributed by atoms with Crippen LogP contribution in [0.2, 0.25) is 0 Å². The number of hydrogen-bond acceptors (Lipinski definition) is 7. The van der Waals surface area contributed by atoms with Gasteiger partial charge in [0.1, 0.15) is 24.5 Å². The standard InChI is InChI=1S/C23H22FN3O5S/c1-33(29,30)27-23(28)17-7-8-18(20(24)10-17)13-31-19-4-2-3-16(9-19)21-11-22(26-14-25-21)32-12-15-5-6-15/h2-4,7-11,14-15H,5-6,12-13H2,1H3,(H,27,28). The minimum absolute atomic E-state index is 0.0806. The maximum Gasteiger partial charge on any atom is 0.264 e. The lowest BCUT2D eigenvalue weighted by atomic mass is 10.1. The number of ether oxygens (including phenoxy) is 2. The Hall–Kier alpha value is -3.53. The minimum atomic E-state index is -3.74. The monoisotopic (exact) mass is 471 g/mol. The van der Waals surface area contributed by atoms with Crippen molar-refractivity contribution in [2.75, 3.05) is 12.9 Å². The molecule has 172 valence electrons. The summed E-state index contributed by atoms with van der Waals surface area (Å²) in [7, 11) is -3.74. The number of halogens is 1. The molecule has 10 heteroatoms. The lowest BCUT2D eigenvalue weighted by Gasteiger charge is -2.10. The summed E-state index contributed by atoms with van der Waals surface area (Å²) in [6.07, 6.45) is 4.67. The van der Waals surface area contributed by atoms with E-state index in [9.17, 15) is 17.6 Å². The van der Waals surface area contributed by atoms with Crippen molar-refractivity contribution in [3.8, 4) is 22.9 Å². The number of carbonyl (C=O) groups excluding carboxylic acids is 1. The average molecular weight is 472 g/mol. The van der Waals surface area contributed by atoms with Gasteiger partial charge in [0.15, 0.2) is 0 Å². The van der Waals surface area contributed by atoms with Crippen LogP contribution in [0.1, 0.15) is 28.8 Å². The number of sulfonamides is 1. The summed E-state index contributed by atoms with van der Waals surface area (Å²) in [5.74, 6) is 0.0521. The zero-order valence-electron chi connectivity index (χ0n) is 17.8. The van der Waals surface area contributed by atoms with Gasteiger partial charge in [-0.3, -0.25) is 4.79 Å². The van der Waals surface area contributed by atoms with Crippen molar-refractivity contribution in [2.45, 2.75) is 19.4 Å². The van der Waals surface area contributed by atoms with E-state index in [-0.39, 0.29) is 17.7 Å². The Balaban J connectivity index is 1.42. The fourth-order valence-corrected chi connectivity index (χ4v) is 3.46. The number of benzene rings is 2. The molecule has 0 unspecified atom stereocenters. The summed E-state index contributed by atoms with van der Waals surface area (Å²) in [5.41, 5.74) is 1.58. The molecule has 0 atom stereocenters. The molecule has 4 rings (SSSR count). The van der Waals surface area contributed by atoms with Crippen LogP contribution in [0.4, 0.5) is 4.39 Å². The van der Waals surface area contributed by atoms with E-state index in [1.54, 1.807) is 29.0 Å². The predicted octanol–water partition coefficient (Wildman–Crippen LogP) is 3.34. The van der Waals surface area contributed by atoms with E-state index < -0.39 is 21.7 Å². The minimum Gasteiger partial charge on any atom is -0.489 e. The highest BCUT2D eigenvalue weighted by molar-refractivity contribution is 7.89. The number of hydrogen-bond donors (Lipinski definition) is 1. The van der Waals surface area contributed by atoms with Gasteiger partial charge in [-0.15, -0.1) is 0 Å². The molecule has 8 nitrogen and oxygen atoms in total. The molecule has 1 aromatic heterocycles. The van der Waals surface area contributed by atoms with Gasteiger partial charge in [-0.1, -0.05) is 18.2 Å². The van der Waals surface area contributed by atoms with Gasteiger partial charge < -0.3 is 9.47 Å². The Kier molecular flexibility index (Phi) is 6.55. The highest BCUT2D eigenvalue weighted by atomic mass is 32.2. The van der Waals surface area contributed by atoms with Crippen molar-refractivity contribution in [2.24, 2.45) is 5.92 Å². The number of aromatic nitrogens is 2. The average Bonchev–Trinajstić information content (AvgIpc) is 3.61. The van der Waals surface area contributed by atoms with E-state index in [0.29, 0.717) is 29.8 Å². The number of nitrogens with zero attached hydrogens (tertiary/aromatic N) is 2. The largest absolute Gasteiger partial charge is 0.489 e. The second kappa shape index (κ2) is 9.53. The van der Waals surface area contributed by atoms with Crippen molar-refractivity contribution < 1.29 is 27.1 Å². The van der Waals surface area contributed by atoms with Crippen LogP contribution >= 0.6 is 0 Å². The molecule has 2 aromatic carbocycles. The molecular weight excluding hydrogens is 449 g/mol. The third-order valence-electron chi connectivity index (χ3n) is 4.92. The Morgan fingerprint density at radius 3 is 2.67 bits per heavy atom. The molecule has 1 aliphatic rings. The van der Waals surface area contributed by atoms with E-state index in [2.05, 4.69) is 9.97 Å². The molecule has 0 aliphatic heterocycles. The van der Waals surface area contributed by atoms with Crippen molar-refractivity contribution in [3.05, 3.63) is 71.8 Å². The van der Waals surface area contributed by atoms with Gasteiger partial charge in [0.05, 0.1) is 18.6 Å². The number of rotatable bonds is 9. The van der Waals surface area contributed by atoms with Crippen LogP contribution in [0.25, 0.3) is 11.3 Å². The zero-order valence-corrected chi connectivity index (χ0v) is 18.6. The number of carbonyl (C=O) groups is 1. The molecule has 0 saturated heterocycles. The van der Waals surface area contributed by atoms with Crippen LogP contribution in [0.5, 0.6) is 11.6 Å². The van der Waals surface area contributed by atoms with Crippen molar-refractivity contribution >= 4 is 15.9 Å². The van der Waals surface area contributed by atoms with Crippen molar-refractivity contribution in [3.63, 3.8) is 0 Å². The SMILES string of the molecule is CS(=O)(=O)NC(=O)c1ccc(COc2cccc(-c3cc(OCC4CC4)ncn3)c2)c(F)c1. The summed E-state index contributed by atoms with van der Waals surface area (Å²) in [6.45, 7) is 0.572. The topological polar surface area (TPSA) is 107 Å². The van der Waals surface area contributed by atoms with Gasteiger partial charge in [-0.2, -0.15) is 0 Å². The van der Waals surface area contributed by atoms with E-state index in [1.807, 2.05) is 6.07 Å². The van der Waals surface area contributed by atoms with Gasteiger partial charge in [0, 0.05) is 22.8 Å². The van der Waals surface area contributed by atoms with Gasteiger partial charge in [0.2, 0.25) is 15.9 Å². The van der Waals surface area contributed by atoms with Gasteiger partial charge >= 0.3 is 0 Å². The summed E-state index contributed by atoms with van der Waals surface area (Å²) >= 11 is 0. The maximum atomic E-state index is 14.4. The predicted molar refractivity (Wildman–Crippen MR) is 119 cm³/mol. The second-order valence-electron chi connectivity index (χ2n) is 7.82. The number of amides is 1. The molecule has 0 spiro atoms. The smallest absolute Gasteiger partial charge is 0.264 e. The highest BCUT2D eigenvalue weighted by Gasteiger charge is 2.22. The first-order chi connectivity index (χ1) is 15.8. The zero-order chi connectivity index (χ0) is 23.4. The summed E-state index contributed by atoms with van der Waals surface area (Å²) < 4.78 is 50.0. The van der Waals surface area contributed by atoms with Crippen LogP contribution in [0.3, 0.4) is 0 Å². The lowest BCUT2D eigenvalue weighted by Crippen LogP contribution is -2.29. The Labute approximate surface area is 190 Å². The van der Waals surface area contributed by atoms with Crippen LogP contribution < -0.4 is 14.2 Å². The second-order valence-corrected chi connectivity index (χ2v) is 9.57. The lowest BCUT2D eigenvalue weighted by molar-refractivity contribution is 0.0981. The molecule has 0 bridgehead atoms. The van der Waals surface area contributed by atoms with E-state index in [1.165, 1.54) is 31.3 Å². The van der Waals surface area contributed by atoms with E-state index >= 15 is 0 Å². The Morgan fingerprint density at radius 1 is 1.12 bits per heavy atom.